The Labute approximate surface area is 132 Å². The topological polar surface area (TPSA) is 29.3 Å². The summed E-state index contributed by atoms with van der Waals surface area (Å²) >= 11 is 0. The van der Waals surface area contributed by atoms with Gasteiger partial charge in [0.1, 0.15) is 0 Å². The number of nitrogens with zero attached hydrogens (tertiary/aromatic N) is 1. The van der Waals surface area contributed by atoms with E-state index in [1.165, 1.54) is 51.6 Å². The van der Waals surface area contributed by atoms with Crippen molar-refractivity contribution < 1.29 is 0 Å². The zero-order valence-corrected chi connectivity index (χ0v) is 15.1. The van der Waals surface area contributed by atoms with Gasteiger partial charge in [0.05, 0.1) is 0 Å². The fourth-order valence-electron chi connectivity index (χ4n) is 4.99. The fourth-order valence-corrected chi connectivity index (χ4v) is 4.99. The van der Waals surface area contributed by atoms with E-state index in [2.05, 4.69) is 39.5 Å². The molecule has 2 fully saturated rings. The summed E-state index contributed by atoms with van der Waals surface area (Å²) in [7, 11) is 0. The molecule has 0 aromatic heterocycles. The average molecular weight is 295 g/mol. The number of likely N-dealkylation sites (tertiary alicyclic amines) is 1. The Morgan fingerprint density at radius 3 is 2.38 bits per heavy atom. The average Bonchev–Trinajstić information content (AvgIpc) is 2.65. The van der Waals surface area contributed by atoms with Crippen LogP contribution in [0.2, 0.25) is 0 Å². The highest BCUT2D eigenvalue weighted by Crippen LogP contribution is 2.43. The molecule has 2 heteroatoms. The van der Waals surface area contributed by atoms with Crippen LogP contribution in [0.25, 0.3) is 0 Å². The molecule has 2 N–H and O–H groups in total. The van der Waals surface area contributed by atoms with Crippen LogP contribution in [0, 0.1) is 23.2 Å². The van der Waals surface area contributed by atoms with Gasteiger partial charge in [0, 0.05) is 12.1 Å². The first-order valence-corrected chi connectivity index (χ1v) is 9.24. The van der Waals surface area contributed by atoms with Gasteiger partial charge in [-0.1, -0.05) is 34.6 Å². The fraction of sp³-hybridized carbons (Fsp3) is 1.00. The lowest BCUT2D eigenvalue weighted by Crippen LogP contribution is -2.60. The van der Waals surface area contributed by atoms with Crippen LogP contribution in [0.3, 0.4) is 0 Å². The Kier molecular flexibility index (Phi) is 5.41. The van der Waals surface area contributed by atoms with Gasteiger partial charge < -0.3 is 5.73 Å². The lowest BCUT2D eigenvalue weighted by molar-refractivity contribution is 0.000334. The third kappa shape index (κ3) is 3.64. The summed E-state index contributed by atoms with van der Waals surface area (Å²) < 4.78 is 0. The first-order valence-electron chi connectivity index (χ1n) is 9.24. The smallest absolute Gasteiger partial charge is 0.0357 e. The Bertz CT molecular complexity index is 333. The van der Waals surface area contributed by atoms with E-state index in [4.69, 9.17) is 5.73 Å². The first-order chi connectivity index (χ1) is 9.79. The Balaban J connectivity index is 2.09. The van der Waals surface area contributed by atoms with Crippen LogP contribution in [-0.4, -0.2) is 30.1 Å². The molecule has 0 radical (unpaired) electrons. The van der Waals surface area contributed by atoms with Crippen LogP contribution in [0.4, 0.5) is 0 Å². The SMILES string of the molecule is CC1CCC(CN)(N2CCCC(C(C)(C)C)CC2)C(C)C1. The van der Waals surface area contributed by atoms with Crippen LogP contribution in [0.15, 0.2) is 0 Å². The van der Waals surface area contributed by atoms with Gasteiger partial charge in [-0.2, -0.15) is 0 Å². The highest BCUT2D eigenvalue weighted by Gasteiger charge is 2.44. The number of hydrogen-bond acceptors (Lipinski definition) is 2. The van der Waals surface area contributed by atoms with Gasteiger partial charge in [-0.15, -0.1) is 0 Å². The predicted octanol–water partition coefficient (Wildman–Crippen LogP) is 4.29. The summed E-state index contributed by atoms with van der Waals surface area (Å²) in [6.45, 7) is 15.5. The van der Waals surface area contributed by atoms with Gasteiger partial charge in [0.15, 0.2) is 0 Å². The minimum Gasteiger partial charge on any atom is -0.329 e. The van der Waals surface area contributed by atoms with E-state index in [1.807, 2.05) is 0 Å². The summed E-state index contributed by atoms with van der Waals surface area (Å²) in [5.41, 5.74) is 7.08. The van der Waals surface area contributed by atoms with Crippen LogP contribution in [-0.2, 0) is 0 Å². The summed E-state index contributed by atoms with van der Waals surface area (Å²) in [6, 6.07) is 0. The first kappa shape index (κ1) is 17.3. The van der Waals surface area contributed by atoms with Crippen molar-refractivity contribution in [3.63, 3.8) is 0 Å². The second kappa shape index (κ2) is 6.58. The van der Waals surface area contributed by atoms with E-state index in [-0.39, 0.29) is 0 Å². The highest BCUT2D eigenvalue weighted by atomic mass is 15.2. The van der Waals surface area contributed by atoms with Gasteiger partial charge in [0.2, 0.25) is 0 Å². The molecule has 1 saturated heterocycles. The van der Waals surface area contributed by atoms with E-state index >= 15 is 0 Å². The minimum atomic E-state index is 0.291. The zero-order valence-electron chi connectivity index (χ0n) is 15.1. The minimum absolute atomic E-state index is 0.291. The zero-order chi connectivity index (χ0) is 15.7. The highest BCUT2D eigenvalue weighted by molar-refractivity contribution is 5.00. The molecule has 0 amide bonds. The summed E-state index contributed by atoms with van der Waals surface area (Å²) in [5, 5.41) is 0. The number of nitrogens with two attached hydrogens (primary N) is 1. The van der Waals surface area contributed by atoms with Gasteiger partial charge in [0.25, 0.3) is 0 Å². The normalized spacial score (nSPS) is 40.0. The van der Waals surface area contributed by atoms with Crippen LogP contribution in [0.1, 0.15) is 73.1 Å². The van der Waals surface area contributed by atoms with Crippen LogP contribution in [0.5, 0.6) is 0 Å². The number of hydrogen-bond donors (Lipinski definition) is 1. The molecule has 124 valence electrons. The van der Waals surface area contributed by atoms with Crippen molar-refractivity contribution >= 4 is 0 Å². The van der Waals surface area contributed by atoms with Crippen molar-refractivity contribution in [2.75, 3.05) is 19.6 Å². The monoisotopic (exact) mass is 294 g/mol. The van der Waals surface area contributed by atoms with E-state index in [0.717, 1.165) is 24.3 Å². The maximum absolute atomic E-state index is 6.33. The van der Waals surface area contributed by atoms with Crippen LogP contribution >= 0.6 is 0 Å². The van der Waals surface area contributed by atoms with Crippen LogP contribution < -0.4 is 5.73 Å². The van der Waals surface area contributed by atoms with Gasteiger partial charge in [-0.3, -0.25) is 4.90 Å². The molecular formula is C19H38N2. The van der Waals surface area contributed by atoms with Crippen molar-refractivity contribution in [1.29, 1.82) is 0 Å². The van der Waals surface area contributed by atoms with Gasteiger partial charge >= 0.3 is 0 Å². The predicted molar refractivity (Wildman–Crippen MR) is 92.3 cm³/mol. The maximum atomic E-state index is 6.33. The molecule has 1 aliphatic carbocycles. The molecule has 2 nitrogen and oxygen atoms in total. The summed E-state index contributed by atoms with van der Waals surface area (Å²) in [5.74, 6) is 2.50. The van der Waals surface area contributed by atoms with E-state index in [9.17, 15) is 0 Å². The molecule has 2 rings (SSSR count). The van der Waals surface area contributed by atoms with E-state index in [1.54, 1.807) is 0 Å². The van der Waals surface area contributed by atoms with Gasteiger partial charge in [-0.25, -0.2) is 0 Å². The van der Waals surface area contributed by atoms with Crippen molar-refractivity contribution in [2.24, 2.45) is 28.9 Å². The lowest BCUT2D eigenvalue weighted by Gasteiger charge is -2.51. The largest absolute Gasteiger partial charge is 0.329 e. The molecule has 1 aliphatic heterocycles. The van der Waals surface area contributed by atoms with Crippen molar-refractivity contribution in [1.82, 2.24) is 4.90 Å². The lowest BCUT2D eigenvalue weighted by atomic mass is 9.68. The van der Waals surface area contributed by atoms with E-state index < -0.39 is 0 Å². The second-order valence-corrected chi connectivity index (χ2v) is 9.07. The summed E-state index contributed by atoms with van der Waals surface area (Å²) in [6.07, 6.45) is 8.13. The third-order valence-corrected chi connectivity index (χ3v) is 6.68. The molecule has 0 aromatic rings. The van der Waals surface area contributed by atoms with Crippen molar-refractivity contribution in [2.45, 2.75) is 78.7 Å². The van der Waals surface area contributed by atoms with Crippen molar-refractivity contribution in [3.05, 3.63) is 0 Å². The number of rotatable bonds is 2. The summed E-state index contributed by atoms with van der Waals surface area (Å²) in [4.78, 5) is 2.80. The molecule has 4 unspecified atom stereocenters. The molecule has 0 spiro atoms. The second-order valence-electron chi connectivity index (χ2n) is 9.07. The standard InChI is InChI=1S/C19H38N2/c1-15-8-10-19(14-20,16(2)13-15)21-11-6-7-17(9-12-21)18(3,4)5/h15-17H,6-14,20H2,1-5H3. The van der Waals surface area contributed by atoms with E-state index in [0.29, 0.717) is 11.0 Å². The molecule has 0 bridgehead atoms. The third-order valence-electron chi connectivity index (χ3n) is 6.68. The van der Waals surface area contributed by atoms with Gasteiger partial charge in [-0.05, 0) is 74.8 Å². The molecular weight excluding hydrogens is 256 g/mol. The quantitative estimate of drug-likeness (QED) is 0.823. The molecule has 21 heavy (non-hydrogen) atoms. The molecule has 1 heterocycles. The molecule has 2 aliphatic rings. The Hall–Kier alpha value is -0.0800. The Morgan fingerprint density at radius 1 is 1.10 bits per heavy atom. The molecule has 4 atom stereocenters. The maximum Gasteiger partial charge on any atom is 0.0357 e. The molecule has 0 aromatic carbocycles. The Morgan fingerprint density at radius 2 is 1.81 bits per heavy atom. The molecule has 1 saturated carbocycles. The van der Waals surface area contributed by atoms with Crippen molar-refractivity contribution in [3.8, 4) is 0 Å².